The van der Waals surface area contributed by atoms with Crippen molar-refractivity contribution in [2.24, 2.45) is 5.92 Å². The number of carboxylic acids is 1. The fraction of sp³-hybridized carbons (Fsp3) is 0.250. The summed E-state index contributed by atoms with van der Waals surface area (Å²) in [5.74, 6) is -1.12. The van der Waals surface area contributed by atoms with Gasteiger partial charge in [0.1, 0.15) is 25.4 Å². The largest absolute Gasteiger partial charge is 0.478 e. The standard InChI is InChI=1S/C32H33N3O5/c1-19(2)27(36)8-7-15-33-31(37)20-9-12-23(26(16-20)32(38)39)30-24-13-10-21(34(3)4)17-28(24)40-29-18-22(35(5)6)11-14-25(29)30/h7-14,16-19H,15H2,1-6H3,(H-,33,37,38,39)/p+1/b8-7+. The van der Waals surface area contributed by atoms with Gasteiger partial charge in [0.2, 0.25) is 5.36 Å². The zero-order valence-corrected chi connectivity index (χ0v) is 23.6. The van der Waals surface area contributed by atoms with E-state index in [0.29, 0.717) is 22.5 Å². The summed E-state index contributed by atoms with van der Waals surface area (Å²) in [6, 6.07) is 16.3. The van der Waals surface area contributed by atoms with Crippen LogP contribution < -0.4 is 20.1 Å². The molecule has 0 spiro atoms. The van der Waals surface area contributed by atoms with Crippen LogP contribution in [0.1, 0.15) is 34.6 Å². The third-order valence-corrected chi connectivity index (χ3v) is 6.73. The summed E-state index contributed by atoms with van der Waals surface area (Å²) >= 11 is 0. The highest BCUT2D eigenvalue weighted by Gasteiger charge is 2.23. The summed E-state index contributed by atoms with van der Waals surface area (Å²) in [5.41, 5.74) is 3.73. The normalized spacial score (nSPS) is 11.4. The Bertz CT molecular complexity index is 1690. The molecule has 0 aromatic heterocycles. The van der Waals surface area contributed by atoms with E-state index in [1.54, 1.807) is 32.1 Å². The third kappa shape index (κ3) is 5.81. The molecule has 4 rings (SSSR count). The Morgan fingerprint density at radius 3 is 2.38 bits per heavy atom. The number of benzene rings is 3. The van der Waals surface area contributed by atoms with Gasteiger partial charge in [-0.15, -0.1) is 0 Å². The van der Waals surface area contributed by atoms with Crippen LogP contribution in [0, 0.1) is 5.92 Å². The van der Waals surface area contributed by atoms with Crippen LogP contribution in [-0.2, 0) is 4.79 Å². The van der Waals surface area contributed by atoms with Crippen molar-refractivity contribution in [1.29, 1.82) is 0 Å². The van der Waals surface area contributed by atoms with Crippen LogP contribution in [0.3, 0.4) is 0 Å². The first-order valence-corrected chi connectivity index (χ1v) is 13.0. The van der Waals surface area contributed by atoms with Crippen molar-refractivity contribution in [3.63, 3.8) is 0 Å². The van der Waals surface area contributed by atoms with Crippen molar-refractivity contribution < 1.29 is 23.9 Å². The third-order valence-electron chi connectivity index (χ3n) is 6.73. The molecule has 2 N–H and O–H groups in total. The van der Waals surface area contributed by atoms with Crippen molar-refractivity contribution in [3.8, 4) is 22.5 Å². The Morgan fingerprint density at radius 1 is 1.00 bits per heavy atom. The number of allylic oxidation sites excluding steroid dienone is 1. The highest BCUT2D eigenvalue weighted by atomic mass is 16.4. The molecule has 8 heteroatoms. The second-order valence-corrected chi connectivity index (χ2v) is 10.4. The molecule has 0 saturated heterocycles. The number of fused-ring (bicyclic) bond motifs is 2. The molecule has 0 bridgehead atoms. The van der Waals surface area contributed by atoms with Gasteiger partial charge in [-0.1, -0.05) is 26.0 Å². The molecule has 1 amide bonds. The van der Waals surface area contributed by atoms with Gasteiger partial charge in [-0.3, -0.25) is 9.59 Å². The van der Waals surface area contributed by atoms with E-state index in [0.717, 1.165) is 22.0 Å². The molecule has 1 aliphatic heterocycles. The number of carboxylic acid groups (broad SMARTS) is 1. The molecule has 2 aromatic carbocycles. The monoisotopic (exact) mass is 540 g/mol. The fourth-order valence-electron chi connectivity index (χ4n) is 4.42. The predicted octanol–water partition coefficient (Wildman–Crippen LogP) is 4.51. The first-order chi connectivity index (χ1) is 19.0. The lowest BCUT2D eigenvalue weighted by atomic mass is 9.89. The Hall–Kier alpha value is -4.72. The quantitative estimate of drug-likeness (QED) is 0.194. The van der Waals surface area contributed by atoms with E-state index in [9.17, 15) is 19.5 Å². The van der Waals surface area contributed by atoms with Gasteiger partial charge in [0.05, 0.1) is 11.6 Å². The lowest BCUT2D eigenvalue weighted by Crippen LogP contribution is -2.24. The number of nitrogens with zero attached hydrogens (tertiary/aromatic N) is 2. The number of hydrogen-bond acceptors (Lipinski definition) is 5. The maximum Gasteiger partial charge on any atom is 0.336 e. The molecular formula is C32H34N3O5+. The minimum atomic E-state index is -1.15. The fourth-order valence-corrected chi connectivity index (χ4v) is 4.42. The van der Waals surface area contributed by atoms with Gasteiger partial charge in [-0.25, -0.2) is 9.37 Å². The predicted molar refractivity (Wildman–Crippen MR) is 158 cm³/mol. The molecule has 1 heterocycles. The number of carbonyl (C=O) groups is 3. The van der Waals surface area contributed by atoms with Crippen LogP contribution in [0.2, 0.25) is 0 Å². The molecule has 206 valence electrons. The summed E-state index contributed by atoms with van der Waals surface area (Å²) in [6.45, 7) is 3.75. The number of rotatable bonds is 8. The van der Waals surface area contributed by atoms with Gasteiger partial charge < -0.3 is 19.7 Å². The summed E-state index contributed by atoms with van der Waals surface area (Å²) in [7, 11) is 7.77. The number of aromatic carboxylic acids is 1. The number of nitrogens with one attached hydrogen (secondary N) is 1. The molecule has 1 aliphatic carbocycles. The van der Waals surface area contributed by atoms with E-state index in [1.165, 1.54) is 12.1 Å². The number of hydrogen-bond donors (Lipinski definition) is 2. The van der Waals surface area contributed by atoms with E-state index >= 15 is 0 Å². The maximum absolute atomic E-state index is 12.8. The molecule has 0 fully saturated rings. The number of anilines is 1. The molecule has 2 aliphatic rings. The molecule has 8 nitrogen and oxygen atoms in total. The van der Waals surface area contributed by atoms with Gasteiger partial charge in [0.15, 0.2) is 5.78 Å². The van der Waals surface area contributed by atoms with Gasteiger partial charge in [0.25, 0.3) is 5.91 Å². The zero-order valence-electron chi connectivity index (χ0n) is 23.6. The summed E-state index contributed by atoms with van der Waals surface area (Å²) < 4.78 is 8.31. The van der Waals surface area contributed by atoms with Crippen molar-refractivity contribution in [2.45, 2.75) is 13.8 Å². The van der Waals surface area contributed by atoms with Crippen LogP contribution in [0.4, 0.5) is 5.69 Å². The number of ketones is 1. The highest BCUT2D eigenvalue weighted by molar-refractivity contribution is 6.09. The van der Waals surface area contributed by atoms with E-state index < -0.39 is 11.9 Å². The first-order valence-electron chi connectivity index (χ1n) is 13.0. The molecule has 0 atom stereocenters. The molecule has 2 aromatic rings. The minimum absolute atomic E-state index is 0.000324. The second-order valence-electron chi connectivity index (χ2n) is 10.4. The minimum Gasteiger partial charge on any atom is -0.478 e. The van der Waals surface area contributed by atoms with Crippen molar-refractivity contribution in [2.75, 3.05) is 39.6 Å². The van der Waals surface area contributed by atoms with E-state index in [4.69, 9.17) is 4.42 Å². The lowest BCUT2D eigenvalue weighted by molar-refractivity contribution is -0.117. The smallest absolute Gasteiger partial charge is 0.336 e. The second kappa shape index (κ2) is 11.6. The van der Waals surface area contributed by atoms with Crippen LogP contribution in [-0.4, -0.2) is 57.5 Å². The van der Waals surface area contributed by atoms with Crippen molar-refractivity contribution in [1.82, 2.24) is 9.89 Å². The van der Waals surface area contributed by atoms with Crippen LogP contribution in [0.15, 0.2) is 71.2 Å². The SMILES string of the molecule is CC(C)C(=O)/C=C/CNC(=O)c1ccc(-c2c3ccc(=[N+](C)C)cc-3oc3cc(N(C)C)ccc23)c(C(=O)O)c1. The Labute approximate surface area is 233 Å². The van der Waals surface area contributed by atoms with E-state index in [1.807, 2.05) is 74.1 Å². The summed E-state index contributed by atoms with van der Waals surface area (Å²) in [4.78, 5) is 39.1. The molecule has 40 heavy (non-hydrogen) atoms. The first kappa shape index (κ1) is 28.3. The number of carbonyl (C=O) groups excluding carboxylic acids is 2. The van der Waals surface area contributed by atoms with Gasteiger partial charge >= 0.3 is 5.97 Å². The summed E-state index contributed by atoms with van der Waals surface area (Å²) in [5, 5.41) is 14.6. The topological polar surface area (TPSA) is 103 Å². The highest BCUT2D eigenvalue weighted by Crippen LogP contribution is 2.42. The Morgan fingerprint density at radius 2 is 1.73 bits per heavy atom. The van der Waals surface area contributed by atoms with Crippen LogP contribution in [0.25, 0.3) is 33.4 Å². The van der Waals surface area contributed by atoms with Crippen LogP contribution >= 0.6 is 0 Å². The molecule has 0 radical (unpaired) electrons. The molecule has 0 saturated carbocycles. The average molecular weight is 541 g/mol. The van der Waals surface area contributed by atoms with Gasteiger partial charge in [-0.2, -0.15) is 0 Å². The Balaban J connectivity index is 1.86. The molecular weight excluding hydrogens is 506 g/mol. The maximum atomic E-state index is 12.8. The van der Waals surface area contributed by atoms with Gasteiger partial charge in [0, 0.05) is 66.5 Å². The van der Waals surface area contributed by atoms with Gasteiger partial charge in [-0.05, 0) is 42.0 Å². The average Bonchev–Trinajstić information content (AvgIpc) is 2.92. The lowest BCUT2D eigenvalue weighted by Gasteiger charge is -2.19. The zero-order chi connectivity index (χ0) is 29.1. The van der Waals surface area contributed by atoms with Crippen LogP contribution in [0.5, 0.6) is 0 Å². The summed E-state index contributed by atoms with van der Waals surface area (Å²) in [6.07, 6.45) is 3.03. The molecule has 0 unspecified atom stereocenters. The van der Waals surface area contributed by atoms with Crippen molar-refractivity contribution >= 4 is 34.3 Å². The van der Waals surface area contributed by atoms with Crippen molar-refractivity contribution in [3.05, 3.63) is 83.2 Å². The Kier molecular flexibility index (Phi) is 8.18. The van der Waals surface area contributed by atoms with E-state index in [2.05, 4.69) is 5.32 Å². The number of amides is 1. The van der Waals surface area contributed by atoms with E-state index in [-0.39, 0.29) is 29.4 Å².